The minimum Gasteiger partial charge on any atom is -0.508 e. The molecule has 1 unspecified atom stereocenters. The maximum absolute atomic E-state index is 9.40. The molecule has 0 fully saturated rings. The van der Waals surface area contributed by atoms with E-state index in [-0.39, 0.29) is 0 Å². The van der Waals surface area contributed by atoms with Gasteiger partial charge in [0.2, 0.25) is 0 Å². The monoisotopic (exact) mass is 148 g/mol. The van der Waals surface area contributed by atoms with Crippen molar-refractivity contribution in [3.63, 3.8) is 0 Å². The first-order valence-electron chi connectivity index (χ1n) is 4.01. The lowest BCUT2D eigenvalue weighted by Gasteiger charge is -2.34. The van der Waals surface area contributed by atoms with E-state index in [1.807, 2.05) is 6.08 Å². The summed E-state index contributed by atoms with van der Waals surface area (Å²) < 4.78 is 0. The molecule has 0 saturated carbocycles. The predicted octanol–water partition coefficient (Wildman–Crippen LogP) is 2.72. The quantitative estimate of drug-likeness (QED) is 0.560. The third kappa shape index (κ3) is 0.770. The summed E-state index contributed by atoms with van der Waals surface area (Å²) >= 11 is 0. The second kappa shape index (κ2) is 2.00. The molecule has 0 spiro atoms. The molecule has 0 aromatic heterocycles. The topological polar surface area (TPSA) is 20.2 Å². The van der Waals surface area contributed by atoms with Gasteiger partial charge < -0.3 is 5.11 Å². The summed E-state index contributed by atoms with van der Waals surface area (Å²) in [7, 11) is 0. The van der Waals surface area contributed by atoms with Gasteiger partial charge in [-0.05, 0) is 41.6 Å². The Morgan fingerprint density at radius 3 is 2.91 bits per heavy atom. The van der Waals surface area contributed by atoms with E-state index in [0.717, 1.165) is 18.4 Å². The summed E-state index contributed by atoms with van der Waals surface area (Å²) in [4.78, 5) is 0. The Morgan fingerprint density at radius 2 is 2.36 bits per heavy atom. The van der Waals surface area contributed by atoms with Crippen LogP contribution in [-0.4, -0.2) is 5.11 Å². The Balaban J connectivity index is 2.43. The molecule has 0 heterocycles. The molecule has 1 atom stereocenters. The van der Waals surface area contributed by atoms with Crippen molar-refractivity contribution in [2.75, 3.05) is 0 Å². The molecule has 0 aromatic carbocycles. The van der Waals surface area contributed by atoms with Crippen LogP contribution in [0, 0.1) is 5.92 Å². The Labute approximate surface area is 66.7 Å². The van der Waals surface area contributed by atoms with Gasteiger partial charge in [-0.1, -0.05) is 13.5 Å². The van der Waals surface area contributed by atoms with Crippen LogP contribution in [0.2, 0.25) is 0 Å². The first kappa shape index (κ1) is 6.71. The maximum Gasteiger partial charge on any atom is 0.115 e. The Kier molecular flexibility index (Phi) is 1.22. The van der Waals surface area contributed by atoms with Crippen molar-refractivity contribution in [2.24, 2.45) is 5.92 Å². The van der Waals surface area contributed by atoms with E-state index in [1.165, 1.54) is 11.1 Å². The molecular formula is C10H12O. The zero-order chi connectivity index (χ0) is 8.01. The van der Waals surface area contributed by atoms with Crippen LogP contribution in [0.1, 0.15) is 19.8 Å². The average Bonchev–Trinajstić information content (AvgIpc) is 1.93. The lowest BCUT2D eigenvalue weighted by atomic mass is 9.71. The van der Waals surface area contributed by atoms with Gasteiger partial charge in [0.1, 0.15) is 5.76 Å². The van der Waals surface area contributed by atoms with Gasteiger partial charge in [-0.2, -0.15) is 0 Å². The van der Waals surface area contributed by atoms with Crippen LogP contribution >= 0.6 is 0 Å². The van der Waals surface area contributed by atoms with Crippen molar-refractivity contribution in [1.29, 1.82) is 0 Å². The fraction of sp³-hybridized carbons (Fsp3) is 0.400. The largest absolute Gasteiger partial charge is 0.508 e. The second-order valence-electron chi connectivity index (χ2n) is 3.39. The third-order valence-corrected chi connectivity index (χ3v) is 2.56. The molecule has 1 N–H and O–H groups in total. The van der Waals surface area contributed by atoms with E-state index >= 15 is 0 Å². The average molecular weight is 148 g/mol. The van der Waals surface area contributed by atoms with Crippen molar-refractivity contribution >= 4 is 0 Å². The molecule has 0 aromatic rings. The van der Waals surface area contributed by atoms with Gasteiger partial charge in [-0.15, -0.1) is 0 Å². The molecular weight excluding hydrogens is 136 g/mol. The minimum atomic E-state index is 0.491. The van der Waals surface area contributed by atoms with Gasteiger partial charge in [0.15, 0.2) is 0 Å². The van der Waals surface area contributed by atoms with Crippen molar-refractivity contribution in [1.82, 2.24) is 0 Å². The number of allylic oxidation sites excluding steroid dienone is 4. The van der Waals surface area contributed by atoms with Gasteiger partial charge in [-0.25, -0.2) is 0 Å². The molecule has 0 radical (unpaired) electrons. The zero-order valence-electron chi connectivity index (χ0n) is 6.72. The Hall–Kier alpha value is -0.980. The highest BCUT2D eigenvalue weighted by Crippen LogP contribution is 2.45. The molecule has 0 bridgehead atoms. The van der Waals surface area contributed by atoms with Crippen LogP contribution in [0.15, 0.2) is 35.1 Å². The first-order chi connectivity index (χ1) is 5.20. The molecule has 2 rings (SSSR count). The van der Waals surface area contributed by atoms with Gasteiger partial charge >= 0.3 is 0 Å². The van der Waals surface area contributed by atoms with Crippen molar-refractivity contribution < 1.29 is 5.11 Å². The fourth-order valence-electron chi connectivity index (χ4n) is 1.94. The zero-order valence-corrected chi connectivity index (χ0v) is 6.72. The first-order valence-corrected chi connectivity index (χ1v) is 4.01. The van der Waals surface area contributed by atoms with Gasteiger partial charge in [0.05, 0.1) is 0 Å². The van der Waals surface area contributed by atoms with Crippen molar-refractivity contribution in [3.8, 4) is 0 Å². The minimum absolute atomic E-state index is 0.491. The normalized spacial score (nSPS) is 29.4. The third-order valence-electron chi connectivity index (χ3n) is 2.56. The van der Waals surface area contributed by atoms with E-state index in [1.54, 1.807) is 0 Å². The highest BCUT2D eigenvalue weighted by Gasteiger charge is 2.31. The predicted molar refractivity (Wildman–Crippen MR) is 45.3 cm³/mol. The second-order valence-corrected chi connectivity index (χ2v) is 3.39. The van der Waals surface area contributed by atoms with E-state index in [9.17, 15) is 5.11 Å². The number of rotatable bonds is 0. The summed E-state index contributed by atoms with van der Waals surface area (Å²) in [5.41, 5.74) is 3.63. The summed E-state index contributed by atoms with van der Waals surface area (Å²) in [6.07, 6.45) is 3.71. The molecule has 2 aliphatic rings. The SMILES string of the molecule is C=C1CC=C(O)C2=C1C(C)C2. The van der Waals surface area contributed by atoms with Crippen LogP contribution in [-0.2, 0) is 0 Å². The highest BCUT2D eigenvalue weighted by atomic mass is 16.3. The highest BCUT2D eigenvalue weighted by molar-refractivity contribution is 5.53. The number of hydrogen-bond acceptors (Lipinski definition) is 1. The number of aliphatic hydroxyl groups is 1. The fourth-order valence-corrected chi connectivity index (χ4v) is 1.94. The van der Waals surface area contributed by atoms with E-state index in [0.29, 0.717) is 11.7 Å². The lowest BCUT2D eigenvalue weighted by molar-refractivity contribution is 0.391. The van der Waals surface area contributed by atoms with Gasteiger partial charge in [-0.3, -0.25) is 0 Å². The maximum atomic E-state index is 9.40. The molecule has 0 saturated heterocycles. The Morgan fingerprint density at radius 1 is 1.64 bits per heavy atom. The van der Waals surface area contributed by atoms with Crippen LogP contribution in [0.4, 0.5) is 0 Å². The molecule has 11 heavy (non-hydrogen) atoms. The molecule has 58 valence electrons. The summed E-state index contributed by atoms with van der Waals surface area (Å²) in [6.45, 7) is 6.15. The molecule has 1 nitrogen and oxygen atoms in total. The standard InChI is InChI=1S/C10H12O/c1-6-3-4-9(11)8-5-7(2)10(6)8/h4,7,11H,1,3,5H2,2H3. The van der Waals surface area contributed by atoms with Crippen LogP contribution in [0.25, 0.3) is 0 Å². The number of aliphatic hydroxyl groups excluding tert-OH is 1. The summed E-state index contributed by atoms with van der Waals surface area (Å²) in [6, 6.07) is 0. The van der Waals surface area contributed by atoms with Gasteiger partial charge in [0.25, 0.3) is 0 Å². The Bertz CT molecular complexity index is 281. The van der Waals surface area contributed by atoms with E-state index in [2.05, 4.69) is 13.5 Å². The summed E-state index contributed by atoms with van der Waals surface area (Å²) in [5.74, 6) is 1.11. The lowest BCUT2D eigenvalue weighted by Crippen LogP contribution is -2.20. The van der Waals surface area contributed by atoms with Crippen LogP contribution in [0.5, 0.6) is 0 Å². The smallest absolute Gasteiger partial charge is 0.115 e. The van der Waals surface area contributed by atoms with Crippen LogP contribution in [0.3, 0.4) is 0 Å². The number of hydrogen-bond donors (Lipinski definition) is 1. The van der Waals surface area contributed by atoms with Crippen molar-refractivity contribution in [2.45, 2.75) is 19.8 Å². The molecule has 0 aliphatic heterocycles. The van der Waals surface area contributed by atoms with Crippen molar-refractivity contribution in [3.05, 3.63) is 35.1 Å². The van der Waals surface area contributed by atoms with Crippen LogP contribution < -0.4 is 0 Å². The van der Waals surface area contributed by atoms with Gasteiger partial charge in [0, 0.05) is 0 Å². The molecule has 1 heteroatoms. The van der Waals surface area contributed by atoms with E-state index in [4.69, 9.17) is 0 Å². The van der Waals surface area contributed by atoms with E-state index < -0.39 is 0 Å². The molecule has 0 amide bonds. The molecule has 2 aliphatic carbocycles. The summed E-state index contributed by atoms with van der Waals surface area (Å²) in [5, 5.41) is 9.40.